The van der Waals surface area contributed by atoms with Crippen LogP contribution in [0.15, 0.2) is 17.3 Å². The van der Waals surface area contributed by atoms with E-state index < -0.39 is 15.9 Å². The van der Waals surface area contributed by atoms with Gasteiger partial charge in [0.15, 0.2) is 0 Å². The summed E-state index contributed by atoms with van der Waals surface area (Å²) < 4.78 is 27.5. The number of carbonyl (C=O) groups is 1. The molecule has 1 aliphatic heterocycles. The Kier molecular flexibility index (Phi) is 3.88. The number of hydrogen-bond acceptors (Lipinski definition) is 5. The van der Waals surface area contributed by atoms with Crippen LogP contribution >= 0.6 is 0 Å². The zero-order chi connectivity index (χ0) is 14.0. The average molecular weight is 287 g/mol. The van der Waals surface area contributed by atoms with Crippen molar-refractivity contribution in [3.63, 3.8) is 0 Å². The van der Waals surface area contributed by atoms with Gasteiger partial charge < -0.3 is 0 Å². The van der Waals surface area contributed by atoms with Crippen molar-refractivity contribution in [2.75, 3.05) is 13.1 Å². The maximum atomic E-state index is 12.4. The largest absolute Gasteiger partial charge is 0.294 e. The van der Waals surface area contributed by atoms with E-state index in [-0.39, 0.29) is 17.3 Å². The minimum Gasteiger partial charge on any atom is -0.294 e. The molecule has 0 aromatic carbocycles. The van der Waals surface area contributed by atoms with E-state index in [1.165, 1.54) is 21.4 Å². The molecule has 0 radical (unpaired) electrons. The predicted molar refractivity (Wildman–Crippen MR) is 67.0 cm³/mol. The number of sulfonamides is 1. The van der Waals surface area contributed by atoms with Crippen LogP contribution in [0, 0.1) is 5.92 Å². The van der Waals surface area contributed by atoms with Crippen molar-refractivity contribution in [1.82, 2.24) is 19.5 Å². The number of rotatable bonds is 3. The molecule has 9 heteroatoms. The van der Waals surface area contributed by atoms with E-state index in [1.807, 2.05) is 0 Å². The standard InChI is InChI=1S/C10H17N5O3S/c1-14-7-9(5-12-14)19(17,18)15-4-2-3-8(6-15)10(16)13-11/h5,7-8H,2-4,6,11H2,1H3,(H,13,16)/t8-/m1/s1. The highest BCUT2D eigenvalue weighted by atomic mass is 32.2. The third kappa shape index (κ3) is 2.77. The molecule has 0 unspecified atom stereocenters. The number of nitrogens with zero attached hydrogens (tertiary/aromatic N) is 3. The molecule has 1 aliphatic rings. The van der Waals surface area contributed by atoms with E-state index in [0.29, 0.717) is 19.4 Å². The van der Waals surface area contributed by atoms with E-state index >= 15 is 0 Å². The van der Waals surface area contributed by atoms with Gasteiger partial charge in [0.05, 0.1) is 12.1 Å². The second-order valence-electron chi connectivity index (χ2n) is 4.56. The highest BCUT2D eigenvalue weighted by Gasteiger charge is 2.33. The van der Waals surface area contributed by atoms with Crippen LogP contribution in [-0.2, 0) is 21.9 Å². The van der Waals surface area contributed by atoms with Crippen molar-refractivity contribution in [1.29, 1.82) is 0 Å². The second-order valence-corrected chi connectivity index (χ2v) is 6.50. The molecule has 2 heterocycles. The van der Waals surface area contributed by atoms with Gasteiger partial charge in [-0.2, -0.15) is 9.40 Å². The minimum atomic E-state index is -3.59. The van der Waals surface area contributed by atoms with E-state index in [9.17, 15) is 13.2 Å². The molecule has 1 amide bonds. The van der Waals surface area contributed by atoms with Gasteiger partial charge in [0.25, 0.3) is 0 Å². The Morgan fingerprint density at radius 2 is 2.32 bits per heavy atom. The molecule has 1 atom stereocenters. The third-order valence-electron chi connectivity index (χ3n) is 3.22. The van der Waals surface area contributed by atoms with Gasteiger partial charge in [-0.3, -0.25) is 14.9 Å². The van der Waals surface area contributed by atoms with Gasteiger partial charge in [-0.1, -0.05) is 0 Å². The first-order valence-electron chi connectivity index (χ1n) is 5.94. The summed E-state index contributed by atoms with van der Waals surface area (Å²) in [7, 11) is -1.93. The molecule has 19 heavy (non-hydrogen) atoms. The second kappa shape index (κ2) is 5.27. The van der Waals surface area contributed by atoms with Crippen LogP contribution in [0.5, 0.6) is 0 Å². The van der Waals surface area contributed by atoms with Crippen LogP contribution in [0.25, 0.3) is 0 Å². The normalized spacial score (nSPS) is 21.3. The number of hydrazine groups is 1. The molecule has 1 saturated heterocycles. The first-order valence-corrected chi connectivity index (χ1v) is 7.38. The summed E-state index contributed by atoms with van der Waals surface area (Å²) in [5.41, 5.74) is 2.07. The Morgan fingerprint density at radius 1 is 1.58 bits per heavy atom. The number of nitrogens with two attached hydrogens (primary N) is 1. The Balaban J connectivity index is 2.19. The van der Waals surface area contributed by atoms with Crippen molar-refractivity contribution >= 4 is 15.9 Å². The van der Waals surface area contributed by atoms with Gasteiger partial charge in [-0.05, 0) is 12.8 Å². The fraction of sp³-hybridized carbons (Fsp3) is 0.600. The number of hydrogen-bond donors (Lipinski definition) is 2. The summed E-state index contributed by atoms with van der Waals surface area (Å²) in [6.45, 7) is 0.561. The fourth-order valence-electron chi connectivity index (χ4n) is 2.17. The maximum absolute atomic E-state index is 12.4. The predicted octanol–water partition coefficient (Wildman–Crippen LogP) is -1.19. The zero-order valence-corrected chi connectivity index (χ0v) is 11.4. The summed E-state index contributed by atoms with van der Waals surface area (Å²) in [6, 6.07) is 0. The van der Waals surface area contributed by atoms with Crippen LogP contribution in [0.4, 0.5) is 0 Å². The van der Waals surface area contributed by atoms with E-state index in [4.69, 9.17) is 5.84 Å². The summed E-state index contributed by atoms with van der Waals surface area (Å²) >= 11 is 0. The summed E-state index contributed by atoms with van der Waals surface area (Å²) in [6.07, 6.45) is 4.03. The lowest BCUT2D eigenvalue weighted by Crippen LogP contribution is -2.46. The molecule has 1 fully saturated rings. The molecule has 2 rings (SSSR count). The van der Waals surface area contributed by atoms with Gasteiger partial charge >= 0.3 is 0 Å². The van der Waals surface area contributed by atoms with Crippen LogP contribution in [-0.4, -0.2) is 41.5 Å². The molecular formula is C10H17N5O3S. The molecule has 106 valence electrons. The Hall–Kier alpha value is -1.45. The highest BCUT2D eigenvalue weighted by Crippen LogP contribution is 2.23. The van der Waals surface area contributed by atoms with Gasteiger partial charge in [-0.25, -0.2) is 14.3 Å². The van der Waals surface area contributed by atoms with Crippen LogP contribution in [0.3, 0.4) is 0 Å². The summed E-state index contributed by atoms with van der Waals surface area (Å²) in [5.74, 6) is 4.37. The third-order valence-corrected chi connectivity index (χ3v) is 5.03. The van der Waals surface area contributed by atoms with Crippen molar-refractivity contribution < 1.29 is 13.2 Å². The summed E-state index contributed by atoms with van der Waals surface area (Å²) in [4.78, 5) is 11.6. The number of nitrogens with one attached hydrogen (secondary N) is 1. The lowest BCUT2D eigenvalue weighted by molar-refractivity contribution is -0.126. The van der Waals surface area contributed by atoms with Gasteiger partial charge in [-0.15, -0.1) is 0 Å². The fourth-order valence-corrected chi connectivity index (χ4v) is 3.68. The topological polar surface area (TPSA) is 110 Å². The molecule has 0 saturated carbocycles. The Bertz CT molecular complexity index is 567. The zero-order valence-electron chi connectivity index (χ0n) is 10.6. The number of aryl methyl sites for hydroxylation is 1. The van der Waals surface area contributed by atoms with Gasteiger partial charge in [0, 0.05) is 26.3 Å². The van der Waals surface area contributed by atoms with E-state index in [2.05, 4.69) is 10.5 Å². The van der Waals surface area contributed by atoms with Gasteiger partial charge in [0.1, 0.15) is 4.90 Å². The monoisotopic (exact) mass is 287 g/mol. The van der Waals surface area contributed by atoms with E-state index in [0.717, 1.165) is 0 Å². The van der Waals surface area contributed by atoms with Crippen LogP contribution in [0.1, 0.15) is 12.8 Å². The lowest BCUT2D eigenvalue weighted by Gasteiger charge is -2.30. The molecule has 0 bridgehead atoms. The van der Waals surface area contributed by atoms with Crippen molar-refractivity contribution in [2.45, 2.75) is 17.7 Å². The molecule has 0 spiro atoms. The highest BCUT2D eigenvalue weighted by molar-refractivity contribution is 7.89. The molecule has 3 N–H and O–H groups in total. The number of amides is 1. The van der Waals surface area contributed by atoms with E-state index in [1.54, 1.807) is 7.05 Å². The molecule has 1 aromatic rings. The Morgan fingerprint density at radius 3 is 2.89 bits per heavy atom. The molecular weight excluding hydrogens is 270 g/mol. The first kappa shape index (κ1) is 14.0. The lowest BCUT2D eigenvalue weighted by atomic mass is 9.99. The SMILES string of the molecule is Cn1cc(S(=O)(=O)N2CCC[C@@H](C(=O)NN)C2)cn1. The van der Waals surface area contributed by atoms with Crippen LogP contribution < -0.4 is 11.3 Å². The van der Waals surface area contributed by atoms with Crippen molar-refractivity contribution in [2.24, 2.45) is 18.8 Å². The molecule has 0 aliphatic carbocycles. The number of carbonyl (C=O) groups excluding carboxylic acids is 1. The maximum Gasteiger partial charge on any atom is 0.246 e. The minimum absolute atomic E-state index is 0.142. The Labute approximate surface area is 111 Å². The van der Waals surface area contributed by atoms with Crippen LogP contribution in [0.2, 0.25) is 0 Å². The number of piperidine rings is 1. The number of aromatic nitrogens is 2. The first-order chi connectivity index (χ1) is 8.95. The van der Waals surface area contributed by atoms with Crippen molar-refractivity contribution in [3.8, 4) is 0 Å². The smallest absolute Gasteiger partial charge is 0.246 e. The quantitative estimate of drug-likeness (QED) is 0.412. The average Bonchev–Trinajstić information content (AvgIpc) is 2.85. The molecule has 1 aromatic heterocycles. The summed E-state index contributed by atoms with van der Waals surface area (Å²) in [5, 5.41) is 3.86. The molecule has 8 nitrogen and oxygen atoms in total. The van der Waals surface area contributed by atoms with Crippen molar-refractivity contribution in [3.05, 3.63) is 12.4 Å². The van der Waals surface area contributed by atoms with Gasteiger partial charge in [0.2, 0.25) is 15.9 Å².